The minimum atomic E-state index is -0.472. The Morgan fingerprint density at radius 1 is 1.57 bits per heavy atom. The molecule has 1 aliphatic heterocycles. The number of nitrogen functional groups attached to an aromatic ring is 1. The van der Waals surface area contributed by atoms with Crippen LogP contribution in [0.1, 0.15) is 26.2 Å². The molecule has 0 saturated carbocycles. The third kappa shape index (κ3) is 3.20. The van der Waals surface area contributed by atoms with E-state index in [1.54, 1.807) is 13.1 Å². The molecule has 1 fully saturated rings. The molecule has 1 aromatic carbocycles. The summed E-state index contributed by atoms with van der Waals surface area (Å²) >= 11 is 0. The zero-order chi connectivity index (χ0) is 15.4. The summed E-state index contributed by atoms with van der Waals surface area (Å²) < 4.78 is 19.3. The van der Waals surface area contributed by atoms with Crippen molar-refractivity contribution < 1.29 is 13.9 Å². The summed E-state index contributed by atoms with van der Waals surface area (Å²) in [7, 11) is 1.61. The molecule has 2 rings (SSSR count). The molecule has 6 heteroatoms. The lowest BCUT2D eigenvalue weighted by Crippen LogP contribution is -2.42. The Kier molecular flexibility index (Phi) is 4.88. The average molecular weight is 295 g/mol. The van der Waals surface area contributed by atoms with E-state index in [-0.39, 0.29) is 17.7 Å². The second-order valence-electron chi connectivity index (χ2n) is 5.16. The lowest BCUT2D eigenvalue weighted by molar-refractivity contribution is -0.121. The number of ether oxygens (including phenoxy) is 1. The number of hydrogen-bond acceptors (Lipinski definition) is 4. The Morgan fingerprint density at radius 2 is 2.33 bits per heavy atom. The second kappa shape index (κ2) is 6.65. The molecule has 1 heterocycles. The van der Waals surface area contributed by atoms with Crippen molar-refractivity contribution in [1.82, 2.24) is 5.32 Å². The molecule has 1 unspecified atom stereocenters. The van der Waals surface area contributed by atoms with Gasteiger partial charge in [0.05, 0.1) is 18.0 Å². The SMILES string of the molecule is CCCOc1cc(N2CCCC2C(=O)NC)c(N)cc1F. The number of hydrogen-bond donors (Lipinski definition) is 2. The minimum Gasteiger partial charge on any atom is -0.490 e. The van der Waals surface area contributed by atoms with Crippen molar-refractivity contribution in [3.05, 3.63) is 17.9 Å². The van der Waals surface area contributed by atoms with Gasteiger partial charge in [-0.3, -0.25) is 4.79 Å². The Labute approximate surface area is 124 Å². The van der Waals surface area contributed by atoms with Gasteiger partial charge in [0.1, 0.15) is 6.04 Å². The molecule has 0 bridgehead atoms. The van der Waals surface area contributed by atoms with Gasteiger partial charge in [0.25, 0.3) is 0 Å². The van der Waals surface area contributed by atoms with Crippen molar-refractivity contribution in [3.63, 3.8) is 0 Å². The maximum Gasteiger partial charge on any atom is 0.242 e. The minimum absolute atomic E-state index is 0.0488. The number of amides is 1. The first-order valence-corrected chi connectivity index (χ1v) is 7.28. The quantitative estimate of drug-likeness (QED) is 0.814. The number of carbonyl (C=O) groups is 1. The summed E-state index contributed by atoms with van der Waals surface area (Å²) in [5.41, 5.74) is 6.92. The van der Waals surface area contributed by atoms with Gasteiger partial charge in [0.15, 0.2) is 11.6 Å². The summed E-state index contributed by atoms with van der Waals surface area (Å²) in [5.74, 6) is -0.337. The number of rotatable bonds is 5. The van der Waals surface area contributed by atoms with Crippen LogP contribution in [0.5, 0.6) is 5.75 Å². The van der Waals surface area contributed by atoms with Crippen LogP contribution in [0.25, 0.3) is 0 Å². The third-order valence-electron chi connectivity index (χ3n) is 3.65. The highest BCUT2D eigenvalue weighted by Crippen LogP contribution is 2.35. The van der Waals surface area contributed by atoms with E-state index in [2.05, 4.69) is 5.32 Å². The molecule has 0 spiro atoms. The molecule has 1 saturated heterocycles. The molecule has 21 heavy (non-hydrogen) atoms. The predicted molar refractivity (Wildman–Crippen MR) is 81.0 cm³/mol. The molecular formula is C15H22FN3O2. The Hall–Kier alpha value is -1.98. The van der Waals surface area contributed by atoms with E-state index in [0.29, 0.717) is 18.0 Å². The fraction of sp³-hybridized carbons (Fsp3) is 0.533. The predicted octanol–water partition coefficient (Wildman–Crippen LogP) is 1.91. The Balaban J connectivity index is 2.31. The molecule has 1 amide bonds. The van der Waals surface area contributed by atoms with Gasteiger partial charge in [-0.05, 0) is 19.3 Å². The van der Waals surface area contributed by atoms with E-state index < -0.39 is 5.82 Å². The summed E-state index contributed by atoms with van der Waals surface area (Å²) in [6.07, 6.45) is 2.46. The highest BCUT2D eigenvalue weighted by atomic mass is 19.1. The summed E-state index contributed by atoms with van der Waals surface area (Å²) in [5, 5.41) is 2.66. The normalized spacial score (nSPS) is 17.9. The zero-order valence-electron chi connectivity index (χ0n) is 12.5. The van der Waals surface area contributed by atoms with Crippen LogP contribution in [0, 0.1) is 5.82 Å². The van der Waals surface area contributed by atoms with Gasteiger partial charge in [-0.25, -0.2) is 4.39 Å². The van der Waals surface area contributed by atoms with Crippen LogP contribution in [0.2, 0.25) is 0 Å². The van der Waals surface area contributed by atoms with Crippen LogP contribution in [0.4, 0.5) is 15.8 Å². The summed E-state index contributed by atoms with van der Waals surface area (Å²) in [4.78, 5) is 13.9. The average Bonchev–Trinajstić information content (AvgIpc) is 2.94. The van der Waals surface area contributed by atoms with Gasteiger partial charge in [0.2, 0.25) is 5.91 Å². The van der Waals surface area contributed by atoms with Crippen molar-refractivity contribution >= 4 is 17.3 Å². The van der Waals surface area contributed by atoms with Crippen molar-refractivity contribution in [3.8, 4) is 5.75 Å². The molecule has 0 aromatic heterocycles. The maximum absolute atomic E-state index is 13.9. The maximum atomic E-state index is 13.9. The summed E-state index contributed by atoms with van der Waals surface area (Å²) in [6.45, 7) is 3.12. The Bertz CT molecular complexity index is 522. The molecule has 0 radical (unpaired) electrons. The number of nitrogens with one attached hydrogen (secondary N) is 1. The van der Waals surface area contributed by atoms with Crippen molar-refractivity contribution in [1.29, 1.82) is 0 Å². The number of nitrogens with zero attached hydrogens (tertiary/aromatic N) is 1. The number of benzene rings is 1. The lowest BCUT2D eigenvalue weighted by atomic mass is 10.1. The van der Waals surface area contributed by atoms with E-state index in [9.17, 15) is 9.18 Å². The molecule has 3 N–H and O–H groups in total. The smallest absolute Gasteiger partial charge is 0.242 e. The largest absolute Gasteiger partial charge is 0.490 e. The molecule has 116 valence electrons. The highest BCUT2D eigenvalue weighted by Gasteiger charge is 2.31. The topological polar surface area (TPSA) is 67.6 Å². The van der Waals surface area contributed by atoms with E-state index in [0.717, 1.165) is 25.8 Å². The lowest BCUT2D eigenvalue weighted by Gasteiger charge is -2.27. The molecule has 1 atom stereocenters. The zero-order valence-corrected chi connectivity index (χ0v) is 12.5. The number of carbonyl (C=O) groups excluding carboxylic acids is 1. The second-order valence-corrected chi connectivity index (χ2v) is 5.16. The van der Waals surface area contributed by atoms with E-state index in [1.165, 1.54) is 6.07 Å². The van der Waals surface area contributed by atoms with E-state index in [1.807, 2.05) is 11.8 Å². The van der Waals surface area contributed by atoms with Crippen molar-refractivity contribution in [2.24, 2.45) is 0 Å². The van der Waals surface area contributed by atoms with Crippen LogP contribution >= 0.6 is 0 Å². The number of nitrogens with two attached hydrogens (primary N) is 1. The highest BCUT2D eigenvalue weighted by molar-refractivity contribution is 5.87. The van der Waals surface area contributed by atoms with Crippen LogP contribution in [-0.4, -0.2) is 32.1 Å². The van der Waals surface area contributed by atoms with E-state index >= 15 is 0 Å². The standard InChI is InChI=1S/C15H22FN3O2/c1-3-7-21-14-9-13(11(17)8-10(14)16)19-6-4-5-12(19)15(20)18-2/h8-9,12H,3-7,17H2,1-2H3,(H,18,20). The fourth-order valence-corrected chi connectivity index (χ4v) is 2.62. The van der Waals surface area contributed by atoms with Gasteiger partial charge < -0.3 is 20.7 Å². The molecule has 0 aliphatic carbocycles. The molecule has 1 aliphatic rings. The van der Waals surface area contributed by atoms with Crippen LogP contribution in [-0.2, 0) is 4.79 Å². The van der Waals surface area contributed by atoms with E-state index in [4.69, 9.17) is 10.5 Å². The first kappa shape index (κ1) is 15.4. The van der Waals surface area contributed by atoms with Crippen molar-refractivity contribution in [2.45, 2.75) is 32.2 Å². The molecule has 5 nitrogen and oxygen atoms in total. The number of halogens is 1. The monoisotopic (exact) mass is 295 g/mol. The molecule has 1 aromatic rings. The van der Waals surface area contributed by atoms with Crippen LogP contribution < -0.4 is 20.7 Å². The summed E-state index contributed by atoms with van der Waals surface area (Å²) in [6, 6.07) is 2.60. The fourth-order valence-electron chi connectivity index (χ4n) is 2.62. The first-order valence-electron chi connectivity index (χ1n) is 7.28. The van der Waals surface area contributed by atoms with Gasteiger partial charge in [0, 0.05) is 25.7 Å². The number of likely N-dealkylation sites (N-methyl/N-ethyl adjacent to an activating group) is 1. The van der Waals surface area contributed by atoms with Gasteiger partial charge in [-0.1, -0.05) is 6.92 Å². The van der Waals surface area contributed by atoms with Gasteiger partial charge in [-0.2, -0.15) is 0 Å². The van der Waals surface area contributed by atoms with Crippen molar-refractivity contribution in [2.75, 3.05) is 30.8 Å². The van der Waals surface area contributed by atoms with Gasteiger partial charge >= 0.3 is 0 Å². The molecular weight excluding hydrogens is 273 g/mol. The third-order valence-corrected chi connectivity index (χ3v) is 3.65. The van der Waals surface area contributed by atoms with Gasteiger partial charge in [-0.15, -0.1) is 0 Å². The number of anilines is 2. The Morgan fingerprint density at radius 3 is 3.00 bits per heavy atom. The first-order chi connectivity index (χ1) is 10.1. The van der Waals surface area contributed by atoms with Crippen LogP contribution in [0.3, 0.4) is 0 Å². The van der Waals surface area contributed by atoms with Crippen LogP contribution in [0.15, 0.2) is 12.1 Å².